The Bertz CT molecular complexity index is 461. The third-order valence-electron chi connectivity index (χ3n) is 4.05. The summed E-state index contributed by atoms with van der Waals surface area (Å²) >= 11 is 0. The largest absolute Gasteiger partial charge is 0.382 e. The Balaban J connectivity index is 2.02. The van der Waals surface area contributed by atoms with Crippen LogP contribution < -0.4 is 11.1 Å². The second-order valence-electron chi connectivity index (χ2n) is 5.64. The predicted molar refractivity (Wildman–Crippen MR) is 72.8 cm³/mol. The molecule has 1 aliphatic carbocycles. The summed E-state index contributed by atoms with van der Waals surface area (Å²) in [7, 11) is 0. The normalized spacial score (nSPS) is 24.8. The topological polar surface area (TPSA) is 93.0 Å². The van der Waals surface area contributed by atoms with Crippen LogP contribution in [0.4, 0.5) is 5.82 Å². The molecule has 1 saturated carbocycles. The minimum absolute atomic E-state index is 0.0575. The van der Waals surface area contributed by atoms with Crippen molar-refractivity contribution in [3.05, 3.63) is 11.3 Å². The van der Waals surface area contributed by atoms with Crippen molar-refractivity contribution in [2.24, 2.45) is 5.41 Å². The molecule has 1 aliphatic rings. The molecule has 1 amide bonds. The van der Waals surface area contributed by atoms with E-state index in [9.17, 15) is 4.79 Å². The van der Waals surface area contributed by atoms with Crippen molar-refractivity contribution in [3.8, 4) is 0 Å². The summed E-state index contributed by atoms with van der Waals surface area (Å²) in [6, 6.07) is 0.102. The van der Waals surface area contributed by atoms with Gasteiger partial charge < -0.3 is 15.8 Å². The number of amides is 1. The number of aromatic nitrogens is 2. The summed E-state index contributed by atoms with van der Waals surface area (Å²) < 4.78 is 5.65. The molecule has 6 nitrogen and oxygen atoms in total. The van der Waals surface area contributed by atoms with Gasteiger partial charge in [0, 0.05) is 23.8 Å². The Morgan fingerprint density at radius 2 is 2.32 bits per heavy atom. The van der Waals surface area contributed by atoms with Gasteiger partial charge in [0.2, 0.25) is 0 Å². The smallest absolute Gasteiger partial charge is 0.257 e. The van der Waals surface area contributed by atoms with E-state index in [0.717, 1.165) is 6.42 Å². The van der Waals surface area contributed by atoms with Gasteiger partial charge in [-0.2, -0.15) is 5.10 Å². The molecular formula is C13H22N4O2. The zero-order valence-corrected chi connectivity index (χ0v) is 11.9. The van der Waals surface area contributed by atoms with Crippen molar-refractivity contribution in [2.75, 3.05) is 12.3 Å². The van der Waals surface area contributed by atoms with Crippen LogP contribution in [0.5, 0.6) is 0 Å². The number of hydrogen-bond donors (Lipinski definition) is 3. The number of carbonyl (C=O) groups excluding carboxylic acids is 1. The number of nitrogens with one attached hydrogen (secondary N) is 2. The van der Waals surface area contributed by atoms with Crippen LogP contribution >= 0.6 is 0 Å². The number of ether oxygens (including phenoxy) is 1. The van der Waals surface area contributed by atoms with Gasteiger partial charge in [0.1, 0.15) is 5.56 Å². The summed E-state index contributed by atoms with van der Waals surface area (Å²) in [6.45, 7) is 8.67. The Kier molecular flexibility index (Phi) is 3.54. The minimum atomic E-state index is -0.170. The number of anilines is 1. The van der Waals surface area contributed by atoms with Crippen molar-refractivity contribution in [1.29, 1.82) is 0 Å². The zero-order chi connectivity index (χ0) is 14.2. The van der Waals surface area contributed by atoms with Gasteiger partial charge in [-0.1, -0.05) is 13.8 Å². The monoisotopic (exact) mass is 266 g/mol. The summed E-state index contributed by atoms with van der Waals surface area (Å²) in [5.74, 6) is 0.0743. The maximum atomic E-state index is 12.2. The lowest BCUT2D eigenvalue weighted by Crippen LogP contribution is -2.62. The molecule has 6 heteroatoms. The summed E-state index contributed by atoms with van der Waals surface area (Å²) in [5, 5.41) is 9.57. The Morgan fingerprint density at radius 3 is 2.79 bits per heavy atom. The number of aryl methyl sites for hydroxylation is 1. The fourth-order valence-corrected chi connectivity index (χ4v) is 2.58. The second kappa shape index (κ2) is 4.85. The van der Waals surface area contributed by atoms with E-state index in [2.05, 4.69) is 29.4 Å². The molecule has 0 aromatic carbocycles. The summed E-state index contributed by atoms with van der Waals surface area (Å²) in [6.07, 6.45) is 1.04. The minimum Gasteiger partial charge on any atom is -0.382 e. The number of rotatable bonds is 4. The molecular weight excluding hydrogens is 244 g/mol. The Hall–Kier alpha value is -1.56. The number of nitrogens with zero attached hydrogens (tertiary/aromatic N) is 1. The highest BCUT2D eigenvalue weighted by molar-refractivity contribution is 5.99. The fraction of sp³-hybridized carbons (Fsp3) is 0.692. The number of hydrogen-bond acceptors (Lipinski definition) is 4. The third-order valence-corrected chi connectivity index (χ3v) is 4.05. The number of carbonyl (C=O) groups is 1. The van der Waals surface area contributed by atoms with Gasteiger partial charge >= 0.3 is 0 Å². The van der Waals surface area contributed by atoms with Crippen LogP contribution in [0.2, 0.25) is 0 Å². The lowest BCUT2D eigenvalue weighted by Gasteiger charge is -2.51. The molecule has 2 rings (SSSR count). The maximum Gasteiger partial charge on any atom is 0.257 e. The summed E-state index contributed by atoms with van der Waals surface area (Å²) in [5.41, 5.74) is 6.76. The highest BCUT2D eigenvalue weighted by Gasteiger charge is 2.49. The van der Waals surface area contributed by atoms with E-state index in [4.69, 9.17) is 10.5 Å². The van der Waals surface area contributed by atoms with Crippen LogP contribution in [-0.2, 0) is 4.74 Å². The molecule has 0 bridgehead atoms. The van der Waals surface area contributed by atoms with Gasteiger partial charge in [0.05, 0.1) is 6.10 Å². The predicted octanol–water partition coefficient (Wildman–Crippen LogP) is 1.23. The Morgan fingerprint density at radius 1 is 1.63 bits per heavy atom. The highest BCUT2D eigenvalue weighted by atomic mass is 16.5. The lowest BCUT2D eigenvalue weighted by molar-refractivity contribution is -0.111. The number of nitrogen functional groups attached to an aromatic ring is 1. The molecule has 1 aromatic rings. The van der Waals surface area contributed by atoms with Crippen LogP contribution in [0, 0.1) is 12.3 Å². The van der Waals surface area contributed by atoms with Crippen molar-refractivity contribution >= 4 is 11.7 Å². The average molecular weight is 266 g/mol. The molecule has 106 valence electrons. The fourth-order valence-electron chi connectivity index (χ4n) is 2.58. The first-order chi connectivity index (χ1) is 8.87. The molecule has 4 N–H and O–H groups in total. The molecule has 0 radical (unpaired) electrons. The molecule has 2 atom stereocenters. The molecule has 0 aliphatic heterocycles. The van der Waals surface area contributed by atoms with Gasteiger partial charge in [-0.05, 0) is 20.3 Å². The standard InChI is InChI=1S/C13H22N4O2/c1-5-19-9-6-8(13(9,3)4)15-12(18)10-7(2)16-17-11(10)14/h8-9H,5-6H2,1-4H3,(H,15,18)(H3,14,16,17). The molecule has 1 fully saturated rings. The third kappa shape index (κ3) is 2.32. The average Bonchev–Trinajstić information content (AvgIpc) is 2.67. The van der Waals surface area contributed by atoms with E-state index < -0.39 is 0 Å². The summed E-state index contributed by atoms with van der Waals surface area (Å²) in [4.78, 5) is 12.2. The van der Waals surface area contributed by atoms with Crippen LogP contribution in [0.3, 0.4) is 0 Å². The van der Waals surface area contributed by atoms with Gasteiger partial charge in [-0.3, -0.25) is 9.89 Å². The van der Waals surface area contributed by atoms with Crippen molar-refractivity contribution < 1.29 is 9.53 Å². The first kappa shape index (κ1) is 13.9. The van der Waals surface area contributed by atoms with Crippen molar-refractivity contribution in [2.45, 2.75) is 46.3 Å². The molecule has 0 saturated heterocycles. The van der Waals surface area contributed by atoms with Gasteiger partial charge in [0.25, 0.3) is 5.91 Å². The molecule has 0 spiro atoms. The maximum absolute atomic E-state index is 12.2. The molecule has 19 heavy (non-hydrogen) atoms. The Labute approximate surface area is 113 Å². The zero-order valence-electron chi connectivity index (χ0n) is 11.9. The molecule has 1 heterocycles. The van der Waals surface area contributed by atoms with Crippen LogP contribution in [0.1, 0.15) is 43.2 Å². The highest BCUT2D eigenvalue weighted by Crippen LogP contribution is 2.42. The van der Waals surface area contributed by atoms with E-state index in [1.54, 1.807) is 6.92 Å². The number of nitrogens with two attached hydrogens (primary N) is 1. The van der Waals surface area contributed by atoms with Crippen LogP contribution in [0.15, 0.2) is 0 Å². The SMILES string of the molecule is CCOC1CC(NC(=O)c2c(N)n[nH]c2C)C1(C)C. The lowest BCUT2D eigenvalue weighted by atomic mass is 9.64. The number of H-pyrrole nitrogens is 1. The van der Waals surface area contributed by atoms with Crippen molar-refractivity contribution in [1.82, 2.24) is 15.5 Å². The molecule has 1 aromatic heterocycles. The van der Waals surface area contributed by atoms with E-state index in [1.807, 2.05) is 6.92 Å². The van der Waals surface area contributed by atoms with Crippen LogP contribution in [0.25, 0.3) is 0 Å². The number of aromatic amines is 1. The van der Waals surface area contributed by atoms with Gasteiger partial charge in [0.15, 0.2) is 5.82 Å². The van der Waals surface area contributed by atoms with E-state index in [0.29, 0.717) is 17.9 Å². The van der Waals surface area contributed by atoms with E-state index in [-0.39, 0.29) is 29.3 Å². The van der Waals surface area contributed by atoms with Gasteiger partial charge in [-0.15, -0.1) is 0 Å². The second-order valence-corrected chi connectivity index (χ2v) is 5.64. The van der Waals surface area contributed by atoms with Gasteiger partial charge in [-0.25, -0.2) is 0 Å². The van der Waals surface area contributed by atoms with E-state index >= 15 is 0 Å². The van der Waals surface area contributed by atoms with Crippen molar-refractivity contribution in [3.63, 3.8) is 0 Å². The van der Waals surface area contributed by atoms with Crippen LogP contribution in [-0.4, -0.2) is 34.9 Å². The quantitative estimate of drug-likeness (QED) is 0.764. The first-order valence-electron chi connectivity index (χ1n) is 6.60. The van der Waals surface area contributed by atoms with E-state index in [1.165, 1.54) is 0 Å². The molecule has 2 unspecified atom stereocenters. The first-order valence-corrected chi connectivity index (χ1v) is 6.60.